The van der Waals surface area contributed by atoms with Crippen LogP contribution in [0.4, 0.5) is 0 Å². The van der Waals surface area contributed by atoms with Crippen LogP contribution in [0.25, 0.3) is 0 Å². The van der Waals surface area contributed by atoms with Gasteiger partial charge in [-0.25, -0.2) is 0 Å². The van der Waals surface area contributed by atoms with E-state index < -0.39 is 0 Å². The van der Waals surface area contributed by atoms with Crippen molar-refractivity contribution in [3.8, 4) is 0 Å². The van der Waals surface area contributed by atoms with Gasteiger partial charge in [-0.15, -0.1) is 0 Å². The lowest BCUT2D eigenvalue weighted by molar-refractivity contribution is -0.122. The molecule has 2 fully saturated rings. The zero-order chi connectivity index (χ0) is 13.7. The summed E-state index contributed by atoms with van der Waals surface area (Å²) < 4.78 is 0. The number of nitrogens with zero attached hydrogens (tertiary/aromatic N) is 1. The Hall–Kier alpha value is -0.610. The molecule has 2 aliphatic rings. The first-order valence-electron chi connectivity index (χ1n) is 7.96. The fourth-order valence-electron chi connectivity index (χ4n) is 3.10. The van der Waals surface area contributed by atoms with Gasteiger partial charge in [-0.1, -0.05) is 13.3 Å². The minimum absolute atomic E-state index is 0.234. The van der Waals surface area contributed by atoms with Crippen LogP contribution in [0.5, 0.6) is 0 Å². The molecule has 0 aromatic rings. The second kappa shape index (κ2) is 7.25. The van der Waals surface area contributed by atoms with E-state index in [1.54, 1.807) is 0 Å². The molecule has 1 heterocycles. The van der Waals surface area contributed by atoms with Crippen molar-refractivity contribution in [3.63, 3.8) is 0 Å². The molecule has 2 atom stereocenters. The van der Waals surface area contributed by atoms with E-state index in [4.69, 9.17) is 5.73 Å². The molecule has 0 aromatic carbocycles. The molecule has 0 aromatic heterocycles. The van der Waals surface area contributed by atoms with Crippen LogP contribution < -0.4 is 11.1 Å². The summed E-state index contributed by atoms with van der Waals surface area (Å²) in [6.45, 7) is 5.15. The summed E-state index contributed by atoms with van der Waals surface area (Å²) in [5.41, 5.74) is 5.59. The van der Waals surface area contributed by atoms with Gasteiger partial charge >= 0.3 is 0 Å². The van der Waals surface area contributed by atoms with Crippen LogP contribution >= 0.6 is 0 Å². The fourth-order valence-corrected chi connectivity index (χ4v) is 3.10. The maximum absolute atomic E-state index is 12.0. The van der Waals surface area contributed by atoms with Crippen molar-refractivity contribution in [3.05, 3.63) is 0 Å². The van der Waals surface area contributed by atoms with E-state index >= 15 is 0 Å². The van der Waals surface area contributed by atoms with Gasteiger partial charge in [0.05, 0.1) is 0 Å². The Balaban J connectivity index is 1.61. The molecular weight excluding hydrogens is 238 g/mol. The number of hydrogen-bond donors (Lipinski definition) is 2. The van der Waals surface area contributed by atoms with Crippen molar-refractivity contribution in [1.82, 2.24) is 10.2 Å². The van der Waals surface area contributed by atoms with Crippen LogP contribution in [0.2, 0.25) is 0 Å². The van der Waals surface area contributed by atoms with Crippen LogP contribution in [0, 0.1) is 5.92 Å². The van der Waals surface area contributed by atoms with Gasteiger partial charge in [0.1, 0.15) is 0 Å². The van der Waals surface area contributed by atoms with Gasteiger partial charge in [0.15, 0.2) is 0 Å². The highest BCUT2D eigenvalue weighted by Crippen LogP contribution is 2.29. The molecule has 1 saturated carbocycles. The molecule has 0 spiro atoms. The molecular formula is C15H29N3O. The first-order chi connectivity index (χ1) is 9.22. The Morgan fingerprint density at radius 3 is 2.79 bits per heavy atom. The molecule has 2 unspecified atom stereocenters. The highest BCUT2D eigenvalue weighted by Gasteiger charge is 2.34. The van der Waals surface area contributed by atoms with E-state index in [2.05, 4.69) is 17.1 Å². The fraction of sp³-hybridized carbons (Fsp3) is 0.933. The summed E-state index contributed by atoms with van der Waals surface area (Å²) in [5.74, 6) is 0.848. The van der Waals surface area contributed by atoms with Crippen LogP contribution in [-0.4, -0.2) is 42.5 Å². The third kappa shape index (κ3) is 4.77. The quantitative estimate of drug-likeness (QED) is 0.700. The highest BCUT2D eigenvalue weighted by molar-refractivity contribution is 5.76. The average Bonchev–Trinajstić information content (AvgIpc) is 3.16. The Kier molecular flexibility index (Phi) is 5.64. The summed E-state index contributed by atoms with van der Waals surface area (Å²) in [6.07, 6.45) is 7.67. The van der Waals surface area contributed by atoms with Crippen LogP contribution in [0.3, 0.4) is 0 Å². The van der Waals surface area contributed by atoms with E-state index in [0.717, 1.165) is 44.8 Å². The summed E-state index contributed by atoms with van der Waals surface area (Å²) in [5, 5.41) is 3.20. The van der Waals surface area contributed by atoms with Gasteiger partial charge in [-0.3, -0.25) is 9.69 Å². The Morgan fingerprint density at radius 1 is 1.37 bits per heavy atom. The molecule has 2 rings (SSSR count). The van der Waals surface area contributed by atoms with Crippen LogP contribution in [0.15, 0.2) is 0 Å². The molecule has 1 aliphatic carbocycles. The van der Waals surface area contributed by atoms with Gasteiger partial charge in [-0.05, 0) is 44.6 Å². The third-order valence-corrected chi connectivity index (χ3v) is 4.58. The molecule has 1 amide bonds. The zero-order valence-corrected chi connectivity index (χ0v) is 12.2. The van der Waals surface area contributed by atoms with Gasteiger partial charge < -0.3 is 11.1 Å². The Morgan fingerprint density at radius 2 is 2.16 bits per heavy atom. The van der Waals surface area contributed by atoms with Gasteiger partial charge in [0.2, 0.25) is 5.91 Å². The van der Waals surface area contributed by atoms with Gasteiger partial charge in [0, 0.05) is 31.6 Å². The molecule has 0 bridgehead atoms. The smallest absolute Gasteiger partial charge is 0.220 e. The number of likely N-dealkylation sites (tertiary alicyclic amines) is 1. The first kappa shape index (κ1) is 14.8. The molecule has 3 N–H and O–H groups in total. The second-order valence-corrected chi connectivity index (χ2v) is 6.17. The maximum atomic E-state index is 12.0. The van der Waals surface area contributed by atoms with Crippen molar-refractivity contribution in [2.45, 2.75) is 64.0 Å². The first-order valence-corrected chi connectivity index (χ1v) is 7.96. The molecule has 19 heavy (non-hydrogen) atoms. The van der Waals surface area contributed by atoms with Crippen LogP contribution in [0.1, 0.15) is 51.9 Å². The lowest BCUT2D eigenvalue weighted by atomic mass is 9.96. The Labute approximate surface area is 117 Å². The molecule has 4 heteroatoms. The number of nitrogens with two attached hydrogens (primary N) is 1. The highest BCUT2D eigenvalue weighted by atomic mass is 16.1. The lowest BCUT2D eigenvalue weighted by Crippen LogP contribution is -2.37. The molecule has 1 saturated heterocycles. The minimum atomic E-state index is 0.234. The predicted octanol–water partition coefficient (Wildman–Crippen LogP) is 1.49. The van der Waals surface area contributed by atoms with Crippen molar-refractivity contribution < 1.29 is 4.79 Å². The van der Waals surface area contributed by atoms with E-state index in [-0.39, 0.29) is 5.91 Å². The molecule has 1 aliphatic heterocycles. The largest absolute Gasteiger partial charge is 0.352 e. The van der Waals surface area contributed by atoms with E-state index in [0.29, 0.717) is 18.4 Å². The predicted molar refractivity (Wildman–Crippen MR) is 77.8 cm³/mol. The number of hydrogen-bond acceptors (Lipinski definition) is 3. The van der Waals surface area contributed by atoms with Crippen molar-refractivity contribution >= 4 is 5.91 Å². The number of carbonyl (C=O) groups is 1. The summed E-state index contributed by atoms with van der Waals surface area (Å²) >= 11 is 0. The Bertz CT molecular complexity index is 291. The monoisotopic (exact) mass is 267 g/mol. The SMILES string of the molecule is CCC(CCN)CCC(=O)NC1CCN(C2CC2)C1. The van der Waals surface area contributed by atoms with Crippen molar-refractivity contribution in [2.75, 3.05) is 19.6 Å². The second-order valence-electron chi connectivity index (χ2n) is 6.17. The number of nitrogens with one attached hydrogen (secondary N) is 1. The summed E-state index contributed by atoms with van der Waals surface area (Å²) in [4.78, 5) is 14.5. The average molecular weight is 267 g/mol. The van der Waals surface area contributed by atoms with Gasteiger partial charge in [-0.2, -0.15) is 0 Å². The van der Waals surface area contributed by atoms with E-state index in [9.17, 15) is 4.79 Å². The van der Waals surface area contributed by atoms with Crippen LogP contribution in [-0.2, 0) is 4.79 Å². The van der Waals surface area contributed by atoms with E-state index in [1.807, 2.05) is 0 Å². The topological polar surface area (TPSA) is 58.4 Å². The maximum Gasteiger partial charge on any atom is 0.220 e. The summed E-state index contributed by atoms with van der Waals surface area (Å²) in [6, 6.07) is 1.22. The molecule has 110 valence electrons. The zero-order valence-electron chi connectivity index (χ0n) is 12.2. The van der Waals surface area contributed by atoms with Crippen molar-refractivity contribution in [2.24, 2.45) is 11.7 Å². The number of carbonyl (C=O) groups excluding carboxylic acids is 1. The minimum Gasteiger partial charge on any atom is -0.352 e. The van der Waals surface area contributed by atoms with Gasteiger partial charge in [0.25, 0.3) is 0 Å². The third-order valence-electron chi connectivity index (χ3n) is 4.58. The lowest BCUT2D eigenvalue weighted by Gasteiger charge is -2.17. The molecule has 4 nitrogen and oxygen atoms in total. The van der Waals surface area contributed by atoms with Crippen molar-refractivity contribution in [1.29, 1.82) is 0 Å². The number of rotatable bonds is 8. The summed E-state index contributed by atoms with van der Waals surface area (Å²) in [7, 11) is 0. The standard InChI is InChI=1S/C15H29N3O/c1-2-12(7-9-16)3-6-15(19)17-13-8-10-18(11-13)14-4-5-14/h12-14H,2-11,16H2,1H3,(H,17,19). The molecule has 0 radical (unpaired) electrons. The number of amides is 1. The van der Waals surface area contributed by atoms with E-state index in [1.165, 1.54) is 19.4 Å². The normalized spacial score (nSPS) is 25.5.